The summed E-state index contributed by atoms with van der Waals surface area (Å²) >= 11 is 6.02. The van der Waals surface area contributed by atoms with Crippen molar-refractivity contribution in [1.82, 2.24) is 0 Å². The normalized spacial score (nSPS) is 13.9. The van der Waals surface area contributed by atoms with Crippen molar-refractivity contribution >= 4 is 46.3 Å². The zero-order chi connectivity index (χ0) is 19.7. The molecule has 8 nitrogen and oxygen atoms in total. The molecule has 0 aromatic heterocycles. The molecule has 0 saturated heterocycles. The van der Waals surface area contributed by atoms with Gasteiger partial charge in [0.2, 0.25) is 0 Å². The number of amides is 2. The molecule has 0 unspecified atom stereocenters. The van der Waals surface area contributed by atoms with Gasteiger partial charge in [0.05, 0.1) is 10.6 Å². The van der Waals surface area contributed by atoms with E-state index in [0.717, 1.165) is 11.0 Å². The number of hydrogen-bond donors (Lipinski definition) is 1. The third-order valence-corrected chi connectivity index (χ3v) is 4.24. The van der Waals surface area contributed by atoms with Crippen LogP contribution in [0.25, 0.3) is 0 Å². The number of non-ortho nitro benzene ring substituents is 1. The highest BCUT2D eigenvalue weighted by Gasteiger charge is 2.39. The number of carbonyl (C=O) groups excluding carboxylic acids is 3. The SMILES string of the molecule is CC(=O)c1ccc(NC2=C(Cl)C(=O)N(c3cccc([N+](=O)[O-])c3)C2=O)cc1. The first-order chi connectivity index (χ1) is 12.8. The molecule has 27 heavy (non-hydrogen) atoms. The smallest absolute Gasteiger partial charge is 0.283 e. The highest BCUT2D eigenvalue weighted by atomic mass is 35.5. The molecule has 0 atom stereocenters. The Balaban J connectivity index is 1.89. The molecule has 2 aromatic rings. The van der Waals surface area contributed by atoms with E-state index in [0.29, 0.717) is 11.3 Å². The van der Waals surface area contributed by atoms with E-state index in [2.05, 4.69) is 5.32 Å². The van der Waals surface area contributed by atoms with Crippen molar-refractivity contribution < 1.29 is 19.3 Å². The number of carbonyl (C=O) groups is 3. The summed E-state index contributed by atoms with van der Waals surface area (Å²) < 4.78 is 0. The van der Waals surface area contributed by atoms with Crippen LogP contribution in [-0.4, -0.2) is 22.5 Å². The quantitative estimate of drug-likeness (QED) is 0.366. The second-order valence-electron chi connectivity index (χ2n) is 5.67. The van der Waals surface area contributed by atoms with Crippen LogP contribution in [0.4, 0.5) is 17.1 Å². The lowest BCUT2D eigenvalue weighted by molar-refractivity contribution is -0.384. The van der Waals surface area contributed by atoms with E-state index in [9.17, 15) is 24.5 Å². The molecule has 1 aliphatic heterocycles. The first-order valence-electron chi connectivity index (χ1n) is 7.70. The van der Waals surface area contributed by atoms with Crippen LogP contribution in [0.5, 0.6) is 0 Å². The van der Waals surface area contributed by atoms with Crippen molar-refractivity contribution in [2.75, 3.05) is 10.2 Å². The second kappa shape index (κ2) is 7.00. The molecule has 0 bridgehead atoms. The van der Waals surface area contributed by atoms with E-state index >= 15 is 0 Å². The van der Waals surface area contributed by atoms with Gasteiger partial charge in [-0.25, -0.2) is 4.90 Å². The Morgan fingerprint density at radius 1 is 1.11 bits per heavy atom. The summed E-state index contributed by atoms with van der Waals surface area (Å²) in [4.78, 5) is 47.4. The summed E-state index contributed by atoms with van der Waals surface area (Å²) in [6, 6.07) is 11.4. The molecule has 136 valence electrons. The van der Waals surface area contributed by atoms with Gasteiger partial charge in [-0.1, -0.05) is 17.7 Å². The molecule has 1 aliphatic rings. The van der Waals surface area contributed by atoms with Gasteiger partial charge in [0, 0.05) is 23.4 Å². The predicted octanol–water partition coefficient (Wildman–Crippen LogP) is 3.23. The molecule has 3 rings (SSSR count). The van der Waals surface area contributed by atoms with Crippen LogP contribution in [0.3, 0.4) is 0 Å². The maximum absolute atomic E-state index is 12.7. The molecular weight excluding hydrogens is 374 g/mol. The topological polar surface area (TPSA) is 110 Å². The van der Waals surface area contributed by atoms with E-state index in [4.69, 9.17) is 11.6 Å². The van der Waals surface area contributed by atoms with Crippen LogP contribution in [0.15, 0.2) is 59.3 Å². The number of Topliss-reactive ketones (excluding diaryl/α,β-unsaturated/α-hetero) is 1. The van der Waals surface area contributed by atoms with Gasteiger partial charge in [-0.2, -0.15) is 0 Å². The molecule has 0 fully saturated rings. The Bertz CT molecular complexity index is 1010. The van der Waals surface area contributed by atoms with Crippen LogP contribution in [0.2, 0.25) is 0 Å². The van der Waals surface area contributed by atoms with E-state index in [1.54, 1.807) is 24.3 Å². The summed E-state index contributed by atoms with van der Waals surface area (Å²) in [6.45, 7) is 1.43. The lowest BCUT2D eigenvalue weighted by atomic mass is 10.1. The Morgan fingerprint density at radius 3 is 2.37 bits per heavy atom. The van der Waals surface area contributed by atoms with Crippen LogP contribution in [-0.2, 0) is 9.59 Å². The highest BCUT2D eigenvalue weighted by molar-refractivity contribution is 6.53. The summed E-state index contributed by atoms with van der Waals surface area (Å²) in [7, 11) is 0. The maximum atomic E-state index is 12.7. The van der Waals surface area contributed by atoms with Gasteiger partial charge in [-0.15, -0.1) is 0 Å². The van der Waals surface area contributed by atoms with Crippen LogP contribution in [0, 0.1) is 10.1 Å². The molecule has 1 N–H and O–H groups in total. The molecule has 0 spiro atoms. The molecule has 9 heteroatoms. The fourth-order valence-electron chi connectivity index (χ4n) is 2.52. The Morgan fingerprint density at radius 2 is 1.78 bits per heavy atom. The fraction of sp³-hybridized carbons (Fsp3) is 0.0556. The average molecular weight is 386 g/mol. The van der Waals surface area contributed by atoms with Crippen LogP contribution >= 0.6 is 11.6 Å². The molecule has 1 heterocycles. The lowest BCUT2D eigenvalue weighted by Gasteiger charge is -2.15. The minimum atomic E-state index is -0.787. The van der Waals surface area contributed by atoms with Gasteiger partial charge in [0.1, 0.15) is 10.7 Å². The Hall–Kier alpha value is -3.52. The standard InChI is InChI=1S/C18H12ClN3O5/c1-10(23)11-5-7-12(8-6-11)20-16-15(19)17(24)21(18(16)25)13-3-2-4-14(9-13)22(26)27/h2-9,20H,1H3. The van der Waals surface area contributed by atoms with E-state index in [-0.39, 0.29) is 27.9 Å². The summed E-state index contributed by atoms with van der Waals surface area (Å²) in [5.74, 6) is -1.63. The predicted molar refractivity (Wildman–Crippen MR) is 98.5 cm³/mol. The number of ketones is 1. The number of nitrogens with zero attached hydrogens (tertiary/aromatic N) is 2. The van der Waals surface area contributed by atoms with Gasteiger partial charge in [-0.3, -0.25) is 24.5 Å². The monoisotopic (exact) mass is 385 g/mol. The molecular formula is C18H12ClN3O5. The Labute approximate surface area is 158 Å². The van der Waals surface area contributed by atoms with Crippen molar-refractivity contribution in [2.45, 2.75) is 6.92 Å². The van der Waals surface area contributed by atoms with Crippen molar-refractivity contribution in [1.29, 1.82) is 0 Å². The maximum Gasteiger partial charge on any atom is 0.283 e. The van der Waals surface area contributed by atoms with Crippen molar-refractivity contribution in [3.63, 3.8) is 0 Å². The van der Waals surface area contributed by atoms with Gasteiger partial charge in [-0.05, 0) is 37.3 Å². The molecule has 0 radical (unpaired) electrons. The molecule has 0 aliphatic carbocycles. The zero-order valence-electron chi connectivity index (χ0n) is 13.9. The minimum Gasteiger partial charge on any atom is -0.350 e. The van der Waals surface area contributed by atoms with Crippen molar-refractivity contribution in [3.8, 4) is 0 Å². The second-order valence-corrected chi connectivity index (χ2v) is 6.05. The van der Waals surface area contributed by atoms with Crippen molar-refractivity contribution in [2.24, 2.45) is 0 Å². The number of nitro benzene ring substituents is 1. The van der Waals surface area contributed by atoms with Gasteiger partial charge in [0.25, 0.3) is 17.5 Å². The number of nitro groups is 1. The summed E-state index contributed by atoms with van der Waals surface area (Å²) in [6.07, 6.45) is 0. The summed E-state index contributed by atoms with van der Waals surface area (Å²) in [5.41, 5.74) is 0.582. The van der Waals surface area contributed by atoms with E-state index < -0.39 is 16.7 Å². The van der Waals surface area contributed by atoms with Gasteiger partial charge < -0.3 is 5.32 Å². The first-order valence-corrected chi connectivity index (χ1v) is 8.08. The van der Waals surface area contributed by atoms with E-state index in [1.807, 2.05) is 0 Å². The average Bonchev–Trinajstić information content (AvgIpc) is 2.85. The number of benzene rings is 2. The Kier molecular flexibility index (Phi) is 4.74. The first kappa shape index (κ1) is 18.3. The third kappa shape index (κ3) is 3.42. The van der Waals surface area contributed by atoms with Crippen LogP contribution < -0.4 is 10.2 Å². The number of anilines is 2. The number of halogens is 1. The third-order valence-electron chi connectivity index (χ3n) is 3.89. The molecule has 0 saturated carbocycles. The molecule has 2 amide bonds. The molecule has 2 aromatic carbocycles. The van der Waals surface area contributed by atoms with Crippen LogP contribution in [0.1, 0.15) is 17.3 Å². The van der Waals surface area contributed by atoms with Gasteiger partial charge in [0.15, 0.2) is 5.78 Å². The largest absolute Gasteiger partial charge is 0.350 e. The zero-order valence-corrected chi connectivity index (χ0v) is 14.7. The summed E-state index contributed by atoms with van der Waals surface area (Å²) in [5, 5.41) is 13.4. The number of rotatable bonds is 5. The van der Waals surface area contributed by atoms with E-state index in [1.165, 1.54) is 25.1 Å². The highest BCUT2D eigenvalue weighted by Crippen LogP contribution is 2.31. The fourth-order valence-corrected chi connectivity index (χ4v) is 2.74. The number of hydrogen-bond acceptors (Lipinski definition) is 6. The van der Waals surface area contributed by atoms with Gasteiger partial charge >= 0.3 is 0 Å². The van der Waals surface area contributed by atoms with Crippen molar-refractivity contribution in [3.05, 3.63) is 74.9 Å². The lowest BCUT2D eigenvalue weighted by Crippen LogP contribution is -2.32. The number of nitrogens with one attached hydrogen (secondary N) is 1. The number of imide groups is 1. The minimum absolute atomic E-state index is 0.0427.